The molecule has 5 nitrogen and oxygen atoms in total. The highest BCUT2D eigenvalue weighted by Crippen LogP contribution is 2.28. The van der Waals surface area contributed by atoms with Crippen LogP contribution in [-0.4, -0.2) is 54.4 Å². The molecule has 0 unspecified atom stereocenters. The Balaban J connectivity index is 1.73. The first-order valence-electron chi connectivity index (χ1n) is 12.2. The quantitative estimate of drug-likeness (QED) is 0.399. The third-order valence-electron chi connectivity index (χ3n) is 6.48. The first-order chi connectivity index (χ1) is 17.5. The van der Waals surface area contributed by atoms with Crippen molar-refractivity contribution in [2.45, 2.75) is 31.7 Å². The highest BCUT2D eigenvalue weighted by Gasteiger charge is 2.29. The van der Waals surface area contributed by atoms with Gasteiger partial charge in [-0.25, -0.2) is 0 Å². The summed E-state index contributed by atoms with van der Waals surface area (Å²) in [5.41, 5.74) is 1.91. The molecule has 0 N–H and O–H groups in total. The Morgan fingerprint density at radius 3 is 2.31 bits per heavy atom. The van der Waals surface area contributed by atoms with E-state index in [-0.39, 0.29) is 24.5 Å². The number of nitrogens with zero attached hydrogens (tertiary/aromatic N) is 2. The van der Waals surface area contributed by atoms with Gasteiger partial charge in [0.25, 0.3) is 11.8 Å². The lowest BCUT2D eigenvalue weighted by molar-refractivity contribution is 0.0606. The zero-order valence-electron chi connectivity index (χ0n) is 20.3. The Bertz CT molecular complexity index is 1180. The molecule has 36 heavy (non-hydrogen) atoms. The van der Waals surface area contributed by atoms with Crippen LogP contribution in [0.2, 0.25) is 10.0 Å². The van der Waals surface area contributed by atoms with Gasteiger partial charge in [-0.05, 0) is 55.5 Å². The molecule has 7 heteroatoms. The second-order valence-corrected chi connectivity index (χ2v) is 9.85. The fourth-order valence-corrected chi connectivity index (χ4v) is 5.07. The van der Waals surface area contributed by atoms with E-state index in [0.29, 0.717) is 46.4 Å². The second kappa shape index (κ2) is 12.3. The number of para-hydroxylation sites is 1. The lowest BCUT2D eigenvalue weighted by Crippen LogP contribution is -2.46. The molecular weight excluding hydrogens is 495 g/mol. The number of halogens is 2. The van der Waals surface area contributed by atoms with Gasteiger partial charge in [0.1, 0.15) is 12.4 Å². The average Bonchev–Trinajstić information content (AvgIpc) is 2.89. The van der Waals surface area contributed by atoms with Gasteiger partial charge in [0.15, 0.2) is 0 Å². The molecule has 4 rings (SSSR count). The van der Waals surface area contributed by atoms with Crippen molar-refractivity contribution in [1.82, 2.24) is 9.80 Å². The fourth-order valence-electron chi connectivity index (χ4n) is 4.51. The van der Waals surface area contributed by atoms with Gasteiger partial charge in [-0.1, -0.05) is 71.7 Å². The van der Waals surface area contributed by atoms with Crippen molar-refractivity contribution in [3.63, 3.8) is 0 Å². The first-order valence-corrected chi connectivity index (χ1v) is 13.0. The van der Waals surface area contributed by atoms with E-state index in [1.807, 2.05) is 54.4 Å². The number of ether oxygens (including phenoxy) is 1. The molecule has 3 aromatic carbocycles. The first kappa shape index (κ1) is 26.1. The Hall–Kier alpha value is -3.02. The van der Waals surface area contributed by atoms with Gasteiger partial charge in [0.05, 0.1) is 27.2 Å². The molecule has 0 radical (unpaired) electrons. The molecule has 1 heterocycles. The summed E-state index contributed by atoms with van der Waals surface area (Å²) in [7, 11) is 1.81. The standard InChI is InChI=1S/C29H30Cl2N2O3/c1-32-17-8-3-9-18-33(29(35)27-24(30)14-10-15-25(27)31)22(19-21-11-4-2-5-12-21)20-36-26-16-7-6-13-23(26)28(32)34/h2,4-7,10-16,22H,3,8-9,17-20H2,1H3/t22-/m1/s1. The van der Waals surface area contributed by atoms with Gasteiger partial charge in [0, 0.05) is 20.1 Å². The summed E-state index contributed by atoms with van der Waals surface area (Å²) in [4.78, 5) is 30.6. The van der Waals surface area contributed by atoms with Crippen LogP contribution in [0.3, 0.4) is 0 Å². The van der Waals surface area contributed by atoms with Crippen molar-refractivity contribution < 1.29 is 14.3 Å². The number of hydrogen-bond acceptors (Lipinski definition) is 3. The normalized spacial score (nSPS) is 17.3. The average molecular weight is 525 g/mol. The monoisotopic (exact) mass is 524 g/mol. The third-order valence-corrected chi connectivity index (χ3v) is 7.11. The van der Waals surface area contributed by atoms with Crippen molar-refractivity contribution in [2.24, 2.45) is 0 Å². The van der Waals surface area contributed by atoms with Gasteiger partial charge in [-0.15, -0.1) is 0 Å². The van der Waals surface area contributed by atoms with Crippen LogP contribution in [0.15, 0.2) is 72.8 Å². The highest BCUT2D eigenvalue weighted by molar-refractivity contribution is 6.39. The summed E-state index contributed by atoms with van der Waals surface area (Å²) < 4.78 is 6.27. The minimum Gasteiger partial charge on any atom is -0.491 e. The Morgan fingerprint density at radius 1 is 0.889 bits per heavy atom. The minimum absolute atomic E-state index is 0.0692. The zero-order chi connectivity index (χ0) is 25.5. The number of fused-ring (bicyclic) bond motifs is 1. The predicted octanol–water partition coefficient (Wildman–Crippen LogP) is 6.38. The molecule has 1 aliphatic heterocycles. The summed E-state index contributed by atoms with van der Waals surface area (Å²) in [5, 5.41) is 0.653. The molecule has 0 fully saturated rings. The largest absolute Gasteiger partial charge is 0.491 e. The van der Waals surface area contributed by atoms with Crippen LogP contribution >= 0.6 is 23.2 Å². The van der Waals surface area contributed by atoms with Crippen LogP contribution in [-0.2, 0) is 6.42 Å². The molecule has 0 aliphatic carbocycles. The number of benzene rings is 3. The van der Waals surface area contributed by atoms with Gasteiger partial charge in [-0.2, -0.15) is 0 Å². The van der Waals surface area contributed by atoms with E-state index >= 15 is 0 Å². The van der Waals surface area contributed by atoms with Crippen LogP contribution in [0.4, 0.5) is 0 Å². The molecule has 1 atom stereocenters. The summed E-state index contributed by atoms with van der Waals surface area (Å²) in [6, 6.07) is 22.1. The van der Waals surface area contributed by atoms with Crippen LogP contribution < -0.4 is 4.74 Å². The zero-order valence-corrected chi connectivity index (χ0v) is 21.8. The topological polar surface area (TPSA) is 49.9 Å². The van der Waals surface area contributed by atoms with E-state index in [4.69, 9.17) is 27.9 Å². The number of rotatable bonds is 3. The maximum Gasteiger partial charge on any atom is 0.257 e. The van der Waals surface area contributed by atoms with Crippen molar-refractivity contribution in [3.8, 4) is 5.75 Å². The Kier molecular flexibility index (Phi) is 8.89. The minimum atomic E-state index is -0.297. The van der Waals surface area contributed by atoms with Crippen LogP contribution in [0.25, 0.3) is 0 Å². The smallest absolute Gasteiger partial charge is 0.257 e. The van der Waals surface area contributed by atoms with E-state index < -0.39 is 0 Å². The van der Waals surface area contributed by atoms with E-state index in [0.717, 1.165) is 24.8 Å². The lowest BCUT2D eigenvalue weighted by atomic mass is 10.0. The molecule has 3 aromatic rings. The van der Waals surface area contributed by atoms with E-state index in [1.165, 1.54) is 0 Å². The van der Waals surface area contributed by atoms with Crippen LogP contribution in [0.5, 0.6) is 5.75 Å². The molecular formula is C29H30Cl2N2O3. The lowest BCUT2D eigenvalue weighted by Gasteiger charge is -2.33. The highest BCUT2D eigenvalue weighted by atomic mass is 35.5. The molecule has 0 aromatic heterocycles. The summed E-state index contributed by atoms with van der Waals surface area (Å²) in [6.07, 6.45) is 3.08. The van der Waals surface area contributed by atoms with E-state index in [1.54, 1.807) is 35.2 Å². The summed E-state index contributed by atoms with van der Waals surface area (Å²) in [5.74, 6) is 0.224. The Morgan fingerprint density at radius 2 is 1.56 bits per heavy atom. The van der Waals surface area contributed by atoms with Crippen molar-refractivity contribution in [3.05, 3.63) is 99.5 Å². The van der Waals surface area contributed by atoms with Crippen molar-refractivity contribution >= 4 is 35.0 Å². The Labute approximate surface area is 222 Å². The van der Waals surface area contributed by atoms with Crippen LogP contribution in [0, 0.1) is 0 Å². The third kappa shape index (κ3) is 6.21. The van der Waals surface area contributed by atoms with Gasteiger partial charge >= 0.3 is 0 Å². The molecule has 0 saturated heterocycles. The maximum atomic E-state index is 13.9. The van der Waals surface area contributed by atoms with Gasteiger partial charge < -0.3 is 14.5 Å². The molecule has 188 valence electrons. The fraction of sp³-hybridized carbons (Fsp3) is 0.310. The number of carbonyl (C=O) groups is 2. The van der Waals surface area contributed by atoms with Crippen molar-refractivity contribution in [1.29, 1.82) is 0 Å². The van der Waals surface area contributed by atoms with Gasteiger partial charge in [-0.3, -0.25) is 9.59 Å². The molecule has 0 saturated carbocycles. The maximum absolute atomic E-state index is 13.9. The van der Waals surface area contributed by atoms with Crippen molar-refractivity contribution in [2.75, 3.05) is 26.7 Å². The molecule has 0 bridgehead atoms. The van der Waals surface area contributed by atoms with E-state index in [2.05, 4.69) is 0 Å². The number of amides is 2. The van der Waals surface area contributed by atoms with Crippen LogP contribution in [0.1, 0.15) is 45.5 Å². The predicted molar refractivity (Wildman–Crippen MR) is 144 cm³/mol. The molecule has 2 amide bonds. The summed E-state index contributed by atoms with van der Waals surface area (Å²) in [6.45, 7) is 1.38. The van der Waals surface area contributed by atoms with Gasteiger partial charge in [0.2, 0.25) is 0 Å². The van der Waals surface area contributed by atoms with E-state index in [9.17, 15) is 9.59 Å². The number of carbonyl (C=O) groups excluding carboxylic acids is 2. The summed E-state index contributed by atoms with van der Waals surface area (Å²) >= 11 is 12.9. The SMILES string of the molecule is CN1CCCCCN(C(=O)c2c(Cl)cccc2Cl)[C@H](Cc2ccccc2)COc2ccccc2C1=O. The second-order valence-electron chi connectivity index (χ2n) is 9.03. The number of hydrogen-bond donors (Lipinski definition) is 0. The molecule has 0 spiro atoms. The molecule has 1 aliphatic rings.